The molecule has 1 heteroatoms. The van der Waals surface area contributed by atoms with Crippen molar-refractivity contribution in [3.8, 4) is 0 Å². The highest BCUT2D eigenvalue weighted by atomic mass is 28.3. The van der Waals surface area contributed by atoms with Crippen molar-refractivity contribution in [2.45, 2.75) is 90.1 Å². The third-order valence-corrected chi connectivity index (χ3v) is 8.12. The van der Waals surface area contributed by atoms with Gasteiger partial charge in [-0.05, 0) is 0 Å². The summed E-state index contributed by atoms with van der Waals surface area (Å²) >= 11 is 0. The van der Waals surface area contributed by atoms with Crippen LogP contribution in [0.1, 0.15) is 78.1 Å². The molecule has 0 fully saturated rings. The summed E-state index contributed by atoms with van der Waals surface area (Å²) < 4.78 is 0. The van der Waals surface area contributed by atoms with Gasteiger partial charge in [0.15, 0.2) is 0 Å². The van der Waals surface area contributed by atoms with Crippen molar-refractivity contribution in [2.75, 3.05) is 0 Å². The molecule has 1 rings (SSSR count). The van der Waals surface area contributed by atoms with Crippen LogP contribution < -0.4 is 5.19 Å². The molecular weight excluding hydrogens is 268 g/mol. The third-order valence-electron chi connectivity index (χ3n) is 4.58. The van der Waals surface area contributed by atoms with Crippen LogP contribution in [0.25, 0.3) is 0 Å². The highest BCUT2D eigenvalue weighted by Crippen LogP contribution is 2.14. The van der Waals surface area contributed by atoms with Crippen LogP contribution >= 0.6 is 0 Å². The van der Waals surface area contributed by atoms with E-state index in [-0.39, 0.29) is 0 Å². The Morgan fingerprint density at radius 1 is 0.619 bits per heavy atom. The number of benzene rings is 1. The molecule has 0 aliphatic rings. The van der Waals surface area contributed by atoms with E-state index in [9.17, 15) is 0 Å². The summed E-state index contributed by atoms with van der Waals surface area (Å²) in [7, 11) is -0.694. The van der Waals surface area contributed by atoms with Gasteiger partial charge in [0.1, 0.15) is 0 Å². The molecular formula is C20H36Si. The molecule has 1 atom stereocenters. The second kappa shape index (κ2) is 13.1. The van der Waals surface area contributed by atoms with Gasteiger partial charge in [0.2, 0.25) is 0 Å². The lowest BCUT2D eigenvalue weighted by Gasteiger charge is -2.16. The number of rotatable bonds is 13. The van der Waals surface area contributed by atoms with Crippen LogP contribution in [0, 0.1) is 0 Å². The van der Waals surface area contributed by atoms with E-state index in [2.05, 4.69) is 44.2 Å². The van der Waals surface area contributed by atoms with Gasteiger partial charge in [0, 0.05) is 0 Å². The van der Waals surface area contributed by atoms with E-state index in [1.165, 1.54) is 76.3 Å². The fourth-order valence-electron chi connectivity index (χ4n) is 3.19. The first kappa shape index (κ1) is 18.5. The van der Waals surface area contributed by atoms with Crippen LogP contribution in [0.2, 0.25) is 12.1 Å². The van der Waals surface area contributed by atoms with Gasteiger partial charge in [-0.3, -0.25) is 0 Å². The normalized spacial score (nSPS) is 12.5. The van der Waals surface area contributed by atoms with E-state index >= 15 is 0 Å². The number of hydrogen-bond donors (Lipinski definition) is 0. The summed E-state index contributed by atoms with van der Waals surface area (Å²) in [5.41, 5.74) is 0. The second-order valence-corrected chi connectivity index (χ2v) is 9.73. The first-order valence-electron chi connectivity index (χ1n) is 9.43. The molecule has 21 heavy (non-hydrogen) atoms. The molecule has 0 bridgehead atoms. The first-order chi connectivity index (χ1) is 10.4. The Morgan fingerprint density at radius 3 is 1.67 bits per heavy atom. The molecule has 0 amide bonds. The van der Waals surface area contributed by atoms with Gasteiger partial charge >= 0.3 is 0 Å². The number of hydrogen-bond acceptors (Lipinski definition) is 0. The summed E-state index contributed by atoms with van der Waals surface area (Å²) in [5.74, 6) is 0. The van der Waals surface area contributed by atoms with Gasteiger partial charge in [-0.2, -0.15) is 0 Å². The summed E-state index contributed by atoms with van der Waals surface area (Å²) in [4.78, 5) is 0. The highest BCUT2D eigenvalue weighted by Gasteiger charge is 2.12. The zero-order valence-electron chi connectivity index (χ0n) is 14.4. The van der Waals surface area contributed by atoms with Crippen molar-refractivity contribution in [3.05, 3.63) is 30.3 Å². The Kier molecular flexibility index (Phi) is 11.6. The molecule has 1 unspecified atom stereocenters. The molecule has 0 saturated carbocycles. The minimum absolute atomic E-state index is 0.694. The minimum atomic E-state index is -0.694. The molecule has 0 aliphatic carbocycles. The molecule has 1 aromatic rings. The van der Waals surface area contributed by atoms with Crippen LogP contribution in [-0.4, -0.2) is 8.80 Å². The molecule has 1 aromatic carbocycles. The van der Waals surface area contributed by atoms with Gasteiger partial charge in [-0.15, -0.1) is 0 Å². The Bertz CT molecular complexity index is 320. The summed E-state index contributed by atoms with van der Waals surface area (Å²) in [6, 6.07) is 14.5. The maximum Gasteiger partial charge on any atom is 0.0708 e. The molecule has 0 saturated heterocycles. The molecule has 0 nitrogen and oxygen atoms in total. The highest BCUT2D eigenvalue weighted by molar-refractivity contribution is 6.73. The van der Waals surface area contributed by atoms with Gasteiger partial charge < -0.3 is 0 Å². The monoisotopic (exact) mass is 304 g/mol. The summed E-state index contributed by atoms with van der Waals surface area (Å²) in [6.45, 7) is 4.61. The van der Waals surface area contributed by atoms with Gasteiger partial charge in [0.25, 0.3) is 0 Å². The average molecular weight is 305 g/mol. The van der Waals surface area contributed by atoms with Crippen molar-refractivity contribution in [1.29, 1.82) is 0 Å². The quantitative estimate of drug-likeness (QED) is 0.307. The van der Waals surface area contributed by atoms with E-state index < -0.39 is 8.80 Å². The molecule has 0 aliphatic heterocycles. The molecule has 0 heterocycles. The Balaban J connectivity index is 2.30. The standard InChI is InChI=1S/C20H36Si/c1-3-5-7-9-10-15-19-21(18-14-8-6-4-2)20-16-12-11-13-17-20/h11-13,16-17,21H,3-10,14-15,18-19H2,1-2H3. The van der Waals surface area contributed by atoms with Crippen LogP contribution in [0.4, 0.5) is 0 Å². The first-order valence-corrected chi connectivity index (χ1v) is 11.6. The third kappa shape index (κ3) is 9.13. The van der Waals surface area contributed by atoms with E-state index in [1.54, 1.807) is 5.19 Å². The zero-order valence-corrected chi connectivity index (χ0v) is 15.6. The molecule has 0 spiro atoms. The van der Waals surface area contributed by atoms with Crippen LogP contribution in [-0.2, 0) is 0 Å². The lowest BCUT2D eigenvalue weighted by atomic mass is 10.1. The Labute approximate surface area is 135 Å². The summed E-state index contributed by atoms with van der Waals surface area (Å²) in [5, 5.41) is 1.71. The van der Waals surface area contributed by atoms with E-state index in [1.807, 2.05) is 0 Å². The minimum Gasteiger partial charge on any atom is -0.0654 e. The van der Waals surface area contributed by atoms with Crippen molar-refractivity contribution >= 4 is 14.0 Å². The molecule has 0 N–H and O–H groups in total. The summed E-state index contributed by atoms with van der Waals surface area (Å²) in [6.07, 6.45) is 14.3. The SMILES string of the molecule is CCCCCCCC[SiH](CCCCCC)c1ccccc1. The molecule has 0 radical (unpaired) electrons. The van der Waals surface area contributed by atoms with Gasteiger partial charge in [0.05, 0.1) is 8.80 Å². The average Bonchev–Trinajstić information content (AvgIpc) is 2.53. The maximum absolute atomic E-state index is 2.40. The van der Waals surface area contributed by atoms with Crippen LogP contribution in [0.5, 0.6) is 0 Å². The van der Waals surface area contributed by atoms with Crippen molar-refractivity contribution < 1.29 is 0 Å². The van der Waals surface area contributed by atoms with Crippen molar-refractivity contribution in [3.63, 3.8) is 0 Å². The smallest absolute Gasteiger partial charge is 0.0654 e. The van der Waals surface area contributed by atoms with Gasteiger partial charge in [-0.1, -0.05) is 126 Å². The molecule has 120 valence electrons. The lowest BCUT2D eigenvalue weighted by molar-refractivity contribution is 0.622. The maximum atomic E-state index is 2.40. The van der Waals surface area contributed by atoms with Crippen LogP contribution in [0.15, 0.2) is 30.3 Å². The lowest BCUT2D eigenvalue weighted by Crippen LogP contribution is -2.29. The molecule has 0 aromatic heterocycles. The second-order valence-electron chi connectivity index (χ2n) is 6.51. The topological polar surface area (TPSA) is 0 Å². The van der Waals surface area contributed by atoms with E-state index in [0.29, 0.717) is 0 Å². The predicted octanol–water partition coefficient (Wildman–Crippen LogP) is 6.06. The Hall–Kier alpha value is -0.563. The predicted molar refractivity (Wildman–Crippen MR) is 100 cm³/mol. The van der Waals surface area contributed by atoms with Crippen LogP contribution in [0.3, 0.4) is 0 Å². The number of unbranched alkanes of at least 4 members (excludes halogenated alkanes) is 8. The van der Waals surface area contributed by atoms with Crippen molar-refractivity contribution in [2.24, 2.45) is 0 Å². The van der Waals surface area contributed by atoms with Crippen molar-refractivity contribution in [1.82, 2.24) is 0 Å². The fourth-order valence-corrected chi connectivity index (χ4v) is 6.48. The Morgan fingerprint density at radius 2 is 1.10 bits per heavy atom. The largest absolute Gasteiger partial charge is 0.0708 e. The van der Waals surface area contributed by atoms with E-state index in [4.69, 9.17) is 0 Å². The van der Waals surface area contributed by atoms with E-state index in [0.717, 1.165) is 0 Å². The fraction of sp³-hybridized carbons (Fsp3) is 0.700. The zero-order chi connectivity index (χ0) is 15.2. The van der Waals surface area contributed by atoms with Gasteiger partial charge in [-0.25, -0.2) is 0 Å².